The van der Waals surface area contributed by atoms with Gasteiger partial charge in [0.05, 0.1) is 18.7 Å². The van der Waals surface area contributed by atoms with Gasteiger partial charge in [-0.25, -0.2) is 14.6 Å². The molecule has 5 nitrogen and oxygen atoms in total. The van der Waals surface area contributed by atoms with Crippen molar-refractivity contribution in [1.82, 2.24) is 4.98 Å². The third-order valence-electron chi connectivity index (χ3n) is 3.58. The minimum atomic E-state index is -0.751. The standard InChI is InChI=1S/C19H20ClNO4/c1-4-12-8-7-9-13-10-14(17(20)21-16(12)13)11-15(18(22)24-5-2)19(23)25-6-3/h7-11H,4-6H2,1-3H3. The third kappa shape index (κ3) is 4.37. The van der Waals surface area contributed by atoms with Crippen molar-refractivity contribution in [2.75, 3.05) is 13.2 Å². The first-order valence-corrected chi connectivity index (χ1v) is 8.53. The number of ether oxygens (including phenoxy) is 2. The second-order valence-electron chi connectivity index (χ2n) is 5.21. The normalized spacial score (nSPS) is 10.4. The summed E-state index contributed by atoms with van der Waals surface area (Å²) in [5, 5.41) is 1.08. The average molecular weight is 362 g/mol. The number of para-hydroxylation sites is 1. The fourth-order valence-electron chi connectivity index (χ4n) is 2.41. The monoisotopic (exact) mass is 361 g/mol. The van der Waals surface area contributed by atoms with Crippen LogP contribution < -0.4 is 0 Å². The summed E-state index contributed by atoms with van der Waals surface area (Å²) >= 11 is 6.28. The molecule has 0 saturated heterocycles. The number of hydrogen-bond donors (Lipinski definition) is 0. The Hall–Kier alpha value is -2.40. The van der Waals surface area contributed by atoms with Gasteiger partial charge in [-0.1, -0.05) is 36.7 Å². The summed E-state index contributed by atoms with van der Waals surface area (Å²) in [5.74, 6) is -1.50. The maximum atomic E-state index is 12.1. The molecule has 0 amide bonds. The quantitative estimate of drug-likeness (QED) is 0.256. The molecule has 1 aromatic carbocycles. The van der Waals surface area contributed by atoms with Crippen LogP contribution in [0.25, 0.3) is 17.0 Å². The van der Waals surface area contributed by atoms with E-state index in [-0.39, 0.29) is 23.9 Å². The zero-order chi connectivity index (χ0) is 18.4. The van der Waals surface area contributed by atoms with Crippen molar-refractivity contribution in [3.05, 3.63) is 46.1 Å². The number of benzene rings is 1. The summed E-state index contributed by atoms with van der Waals surface area (Å²) in [6, 6.07) is 7.62. The summed E-state index contributed by atoms with van der Waals surface area (Å²) < 4.78 is 9.87. The molecule has 25 heavy (non-hydrogen) atoms. The lowest BCUT2D eigenvalue weighted by Gasteiger charge is -2.09. The van der Waals surface area contributed by atoms with E-state index in [1.807, 2.05) is 25.1 Å². The van der Waals surface area contributed by atoms with Crippen molar-refractivity contribution < 1.29 is 19.1 Å². The van der Waals surface area contributed by atoms with Crippen molar-refractivity contribution in [3.63, 3.8) is 0 Å². The van der Waals surface area contributed by atoms with E-state index in [9.17, 15) is 9.59 Å². The average Bonchev–Trinajstić information content (AvgIpc) is 2.59. The Balaban J connectivity index is 2.56. The van der Waals surface area contributed by atoms with E-state index in [0.717, 1.165) is 22.9 Å². The van der Waals surface area contributed by atoms with Gasteiger partial charge >= 0.3 is 11.9 Å². The van der Waals surface area contributed by atoms with Crippen LogP contribution in [-0.2, 0) is 25.5 Å². The van der Waals surface area contributed by atoms with E-state index < -0.39 is 11.9 Å². The molecule has 2 rings (SSSR count). The van der Waals surface area contributed by atoms with Crippen molar-refractivity contribution in [2.45, 2.75) is 27.2 Å². The molecule has 0 aliphatic rings. The van der Waals surface area contributed by atoms with Gasteiger partial charge in [-0.2, -0.15) is 0 Å². The van der Waals surface area contributed by atoms with Crippen LogP contribution in [0.1, 0.15) is 31.9 Å². The number of nitrogens with zero attached hydrogens (tertiary/aromatic N) is 1. The topological polar surface area (TPSA) is 65.5 Å². The predicted molar refractivity (Wildman–Crippen MR) is 97.4 cm³/mol. The number of pyridine rings is 1. The summed E-state index contributed by atoms with van der Waals surface area (Å²) in [7, 11) is 0. The van der Waals surface area contributed by atoms with Crippen LogP contribution in [0.2, 0.25) is 5.15 Å². The van der Waals surface area contributed by atoms with Crippen LogP contribution in [0.15, 0.2) is 29.8 Å². The molecule has 1 heterocycles. The Morgan fingerprint density at radius 3 is 2.32 bits per heavy atom. The maximum Gasteiger partial charge on any atom is 0.345 e. The molecule has 0 aliphatic heterocycles. The van der Waals surface area contributed by atoms with Gasteiger partial charge in [-0.3, -0.25) is 0 Å². The highest BCUT2D eigenvalue weighted by Gasteiger charge is 2.22. The van der Waals surface area contributed by atoms with E-state index in [1.165, 1.54) is 6.08 Å². The molecule has 0 unspecified atom stereocenters. The number of halogens is 1. The lowest BCUT2D eigenvalue weighted by atomic mass is 10.1. The van der Waals surface area contributed by atoms with Crippen LogP contribution in [-0.4, -0.2) is 30.1 Å². The lowest BCUT2D eigenvalue weighted by Crippen LogP contribution is -2.18. The number of carbonyl (C=O) groups is 2. The van der Waals surface area contributed by atoms with Gasteiger partial charge in [-0.05, 0) is 38.0 Å². The highest BCUT2D eigenvalue weighted by atomic mass is 35.5. The Labute approximate surface area is 151 Å². The Kier molecular flexibility index (Phi) is 6.53. The second-order valence-corrected chi connectivity index (χ2v) is 5.57. The molecule has 0 bridgehead atoms. The molecular weight excluding hydrogens is 342 g/mol. The minimum absolute atomic E-state index is 0.152. The SMILES string of the molecule is CCOC(=O)C(=Cc1cc2cccc(CC)c2nc1Cl)C(=O)OCC. The number of aryl methyl sites for hydroxylation is 1. The van der Waals surface area contributed by atoms with E-state index in [1.54, 1.807) is 19.9 Å². The van der Waals surface area contributed by atoms with Gasteiger partial charge in [0.2, 0.25) is 0 Å². The Morgan fingerprint density at radius 2 is 1.76 bits per heavy atom. The zero-order valence-corrected chi connectivity index (χ0v) is 15.2. The highest BCUT2D eigenvalue weighted by Crippen LogP contribution is 2.25. The molecular formula is C19H20ClNO4. The Morgan fingerprint density at radius 1 is 1.12 bits per heavy atom. The largest absolute Gasteiger partial charge is 0.462 e. The van der Waals surface area contributed by atoms with Gasteiger partial charge in [-0.15, -0.1) is 0 Å². The van der Waals surface area contributed by atoms with Crippen LogP contribution in [0.4, 0.5) is 0 Å². The van der Waals surface area contributed by atoms with E-state index in [0.29, 0.717) is 5.56 Å². The van der Waals surface area contributed by atoms with Crippen LogP contribution in [0.3, 0.4) is 0 Å². The molecule has 0 fully saturated rings. The van der Waals surface area contributed by atoms with Gasteiger partial charge < -0.3 is 9.47 Å². The van der Waals surface area contributed by atoms with Crippen LogP contribution >= 0.6 is 11.6 Å². The highest BCUT2D eigenvalue weighted by molar-refractivity contribution is 6.32. The number of aromatic nitrogens is 1. The number of esters is 2. The van der Waals surface area contributed by atoms with Crippen molar-refractivity contribution >= 4 is 40.5 Å². The molecule has 0 atom stereocenters. The first-order chi connectivity index (χ1) is 12.0. The molecule has 0 N–H and O–H groups in total. The van der Waals surface area contributed by atoms with Crippen molar-refractivity contribution in [1.29, 1.82) is 0 Å². The number of fused-ring (bicyclic) bond motifs is 1. The van der Waals surface area contributed by atoms with Crippen LogP contribution in [0.5, 0.6) is 0 Å². The molecule has 1 aromatic heterocycles. The number of rotatable bonds is 6. The fraction of sp³-hybridized carbons (Fsp3) is 0.316. The van der Waals surface area contributed by atoms with Gasteiger partial charge in [0.25, 0.3) is 0 Å². The van der Waals surface area contributed by atoms with Gasteiger partial charge in [0.15, 0.2) is 0 Å². The second kappa shape index (κ2) is 8.62. The number of hydrogen-bond acceptors (Lipinski definition) is 5. The summed E-state index contributed by atoms with van der Waals surface area (Å²) in [4.78, 5) is 28.6. The summed E-state index contributed by atoms with van der Waals surface area (Å²) in [6.07, 6.45) is 2.19. The minimum Gasteiger partial charge on any atom is -0.462 e. The molecule has 0 saturated carbocycles. The van der Waals surface area contributed by atoms with E-state index in [2.05, 4.69) is 4.98 Å². The van der Waals surface area contributed by atoms with E-state index in [4.69, 9.17) is 21.1 Å². The fourth-order valence-corrected chi connectivity index (χ4v) is 2.61. The molecule has 132 valence electrons. The first-order valence-electron chi connectivity index (χ1n) is 8.15. The molecule has 0 aliphatic carbocycles. The summed E-state index contributed by atoms with van der Waals surface area (Å²) in [5.41, 5.74) is 2.13. The Bertz CT molecular complexity index is 810. The number of carbonyl (C=O) groups excluding carboxylic acids is 2. The summed E-state index contributed by atoms with van der Waals surface area (Å²) in [6.45, 7) is 5.67. The smallest absolute Gasteiger partial charge is 0.345 e. The van der Waals surface area contributed by atoms with E-state index >= 15 is 0 Å². The van der Waals surface area contributed by atoms with Gasteiger partial charge in [0.1, 0.15) is 10.7 Å². The molecule has 0 spiro atoms. The first kappa shape index (κ1) is 18.9. The van der Waals surface area contributed by atoms with Crippen molar-refractivity contribution in [3.8, 4) is 0 Å². The van der Waals surface area contributed by atoms with Crippen LogP contribution in [0, 0.1) is 0 Å². The maximum absolute atomic E-state index is 12.1. The lowest BCUT2D eigenvalue weighted by molar-refractivity contribution is -0.146. The predicted octanol–water partition coefficient (Wildman–Crippen LogP) is 3.96. The zero-order valence-electron chi connectivity index (χ0n) is 14.5. The molecule has 2 aromatic rings. The third-order valence-corrected chi connectivity index (χ3v) is 3.88. The molecule has 6 heteroatoms. The van der Waals surface area contributed by atoms with Gasteiger partial charge in [0, 0.05) is 10.9 Å². The van der Waals surface area contributed by atoms with Crippen molar-refractivity contribution in [2.24, 2.45) is 0 Å². The molecule has 0 radical (unpaired) electrons.